The van der Waals surface area contributed by atoms with Crippen molar-refractivity contribution in [3.8, 4) is 0 Å². The number of aromatic nitrogens is 2. The second kappa shape index (κ2) is 2.46. The van der Waals surface area contributed by atoms with E-state index in [0.717, 1.165) is 10.7 Å². The van der Waals surface area contributed by atoms with Gasteiger partial charge in [0.15, 0.2) is 4.77 Å². The molecule has 12 heavy (non-hydrogen) atoms. The van der Waals surface area contributed by atoms with Gasteiger partial charge in [0.25, 0.3) is 0 Å². The Bertz CT molecular complexity index is 330. The van der Waals surface area contributed by atoms with Gasteiger partial charge in [0, 0.05) is 17.9 Å². The number of H-pyrrole nitrogens is 1. The van der Waals surface area contributed by atoms with E-state index in [0.29, 0.717) is 0 Å². The van der Waals surface area contributed by atoms with Crippen LogP contribution in [0.5, 0.6) is 0 Å². The molecule has 0 spiro atoms. The van der Waals surface area contributed by atoms with Gasteiger partial charge in [-0.25, -0.2) is 0 Å². The van der Waals surface area contributed by atoms with Crippen LogP contribution in [0.25, 0.3) is 0 Å². The predicted octanol–water partition coefficient (Wildman–Crippen LogP) is 2.69. The second-order valence-electron chi connectivity index (χ2n) is 4.06. The van der Waals surface area contributed by atoms with Gasteiger partial charge in [-0.3, -0.25) is 0 Å². The fourth-order valence-electron chi connectivity index (χ4n) is 1.76. The highest BCUT2D eigenvalue weighted by Gasteiger charge is 2.39. The SMILES string of the molecule is CC(C)(C1CC1)n1cc[nH]c1=S. The number of aromatic amines is 1. The first kappa shape index (κ1) is 8.05. The van der Waals surface area contributed by atoms with Gasteiger partial charge in [-0.05, 0) is 44.8 Å². The van der Waals surface area contributed by atoms with Gasteiger partial charge in [0.05, 0.1) is 0 Å². The lowest BCUT2D eigenvalue weighted by molar-refractivity contribution is 0.301. The van der Waals surface area contributed by atoms with Crippen LogP contribution in [0.15, 0.2) is 12.4 Å². The highest BCUT2D eigenvalue weighted by atomic mass is 32.1. The topological polar surface area (TPSA) is 20.7 Å². The van der Waals surface area contributed by atoms with Crippen molar-refractivity contribution in [2.24, 2.45) is 5.92 Å². The molecule has 2 nitrogen and oxygen atoms in total. The van der Waals surface area contributed by atoms with E-state index in [-0.39, 0.29) is 5.54 Å². The highest BCUT2D eigenvalue weighted by Crippen LogP contribution is 2.43. The van der Waals surface area contributed by atoms with Gasteiger partial charge in [0.1, 0.15) is 0 Å². The Labute approximate surface area is 77.6 Å². The Morgan fingerprint density at radius 2 is 2.25 bits per heavy atom. The van der Waals surface area contributed by atoms with E-state index in [9.17, 15) is 0 Å². The van der Waals surface area contributed by atoms with Gasteiger partial charge in [0.2, 0.25) is 0 Å². The van der Waals surface area contributed by atoms with Gasteiger partial charge in [-0.2, -0.15) is 0 Å². The molecule has 1 heterocycles. The minimum atomic E-state index is 0.205. The number of imidazole rings is 1. The Kier molecular flexibility index (Phi) is 1.65. The number of rotatable bonds is 2. The average molecular weight is 182 g/mol. The third-order valence-electron chi connectivity index (χ3n) is 2.85. The minimum absolute atomic E-state index is 0.205. The zero-order valence-electron chi connectivity index (χ0n) is 7.50. The van der Waals surface area contributed by atoms with Crippen LogP contribution < -0.4 is 0 Å². The number of nitrogens with zero attached hydrogens (tertiary/aromatic N) is 1. The molecular weight excluding hydrogens is 168 g/mol. The van der Waals surface area contributed by atoms with E-state index in [1.165, 1.54) is 12.8 Å². The van der Waals surface area contributed by atoms with Crippen LogP contribution in [0, 0.1) is 10.7 Å². The second-order valence-corrected chi connectivity index (χ2v) is 4.45. The average Bonchev–Trinajstić information content (AvgIpc) is 2.75. The van der Waals surface area contributed by atoms with Gasteiger partial charge in [-0.15, -0.1) is 0 Å². The summed E-state index contributed by atoms with van der Waals surface area (Å²) in [6, 6.07) is 0. The molecule has 1 aromatic heterocycles. The quantitative estimate of drug-likeness (QED) is 0.697. The summed E-state index contributed by atoms with van der Waals surface area (Å²) in [5, 5.41) is 0. The summed E-state index contributed by atoms with van der Waals surface area (Å²) in [7, 11) is 0. The Morgan fingerprint density at radius 3 is 2.67 bits per heavy atom. The lowest BCUT2D eigenvalue weighted by atomic mass is 9.99. The molecule has 0 radical (unpaired) electrons. The van der Waals surface area contributed by atoms with Gasteiger partial charge < -0.3 is 9.55 Å². The summed E-state index contributed by atoms with van der Waals surface area (Å²) in [6.07, 6.45) is 6.65. The monoisotopic (exact) mass is 182 g/mol. The van der Waals surface area contributed by atoms with Crippen molar-refractivity contribution >= 4 is 12.2 Å². The maximum Gasteiger partial charge on any atom is 0.177 e. The van der Waals surface area contributed by atoms with Crippen LogP contribution in [-0.2, 0) is 5.54 Å². The zero-order valence-corrected chi connectivity index (χ0v) is 8.32. The molecular formula is C9H14N2S. The molecule has 1 fully saturated rings. The molecule has 0 saturated heterocycles. The van der Waals surface area contributed by atoms with Crippen molar-refractivity contribution in [1.82, 2.24) is 9.55 Å². The van der Waals surface area contributed by atoms with Crippen LogP contribution >= 0.6 is 12.2 Å². The number of hydrogen-bond donors (Lipinski definition) is 1. The Morgan fingerprint density at radius 1 is 1.58 bits per heavy atom. The maximum absolute atomic E-state index is 5.19. The van der Waals surface area contributed by atoms with Crippen LogP contribution in [0.1, 0.15) is 26.7 Å². The third kappa shape index (κ3) is 1.12. The molecule has 0 amide bonds. The van der Waals surface area contributed by atoms with Crippen molar-refractivity contribution in [1.29, 1.82) is 0 Å². The summed E-state index contributed by atoms with van der Waals surface area (Å²) in [6.45, 7) is 4.52. The van der Waals surface area contributed by atoms with E-state index in [1.54, 1.807) is 0 Å². The molecule has 66 valence electrons. The molecule has 3 heteroatoms. The summed E-state index contributed by atoms with van der Waals surface area (Å²) < 4.78 is 3.01. The summed E-state index contributed by atoms with van der Waals surface area (Å²) in [5.74, 6) is 0.819. The molecule has 0 unspecified atom stereocenters. The molecule has 0 aliphatic heterocycles. The normalized spacial score (nSPS) is 18.2. The van der Waals surface area contributed by atoms with Crippen LogP contribution in [0.2, 0.25) is 0 Å². The van der Waals surface area contributed by atoms with Crippen molar-refractivity contribution in [3.05, 3.63) is 17.2 Å². The molecule has 0 bridgehead atoms. The van der Waals surface area contributed by atoms with Crippen molar-refractivity contribution in [3.63, 3.8) is 0 Å². The first-order chi connectivity index (χ1) is 5.62. The highest BCUT2D eigenvalue weighted by molar-refractivity contribution is 7.71. The Balaban J connectivity index is 2.40. The van der Waals surface area contributed by atoms with Crippen molar-refractivity contribution < 1.29 is 0 Å². The first-order valence-corrected chi connectivity index (χ1v) is 4.79. The summed E-state index contributed by atoms with van der Waals surface area (Å²) >= 11 is 5.19. The predicted molar refractivity (Wildman–Crippen MR) is 51.7 cm³/mol. The van der Waals surface area contributed by atoms with E-state index in [1.807, 2.05) is 12.4 Å². The summed E-state index contributed by atoms with van der Waals surface area (Å²) in [4.78, 5) is 3.04. The van der Waals surface area contributed by atoms with Gasteiger partial charge >= 0.3 is 0 Å². The van der Waals surface area contributed by atoms with Gasteiger partial charge in [-0.1, -0.05) is 0 Å². The maximum atomic E-state index is 5.19. The molecule has 1 saturated carbocycles. The lowest BCUT2D eigenvalue weighted by Gasteiger charge is -2.26. The van der Waals surface area contributed by atoms with E-state index >= 15 is 0 Å². The molecule has 1 aliphatic carbocycles. The third-order valence-corrected chi connectivity index (χ3v) is 3.16. The zero-order chi connectivity index (χ0) is 8.77. The molecule has 2 rings (SSSR count). The fraction of sp³-hybridized carbons (Fsp3) is 0.667. The number of hydrogen-bond acceptors (Lipinski definition) is 1. The van der Waals surface area contributed by atoms with E-state index < -0.39 is 0 Å². The van der Waals surface area contributed by atoms with Crippen molar-refractivity contribution in [2.75, 3.05) is 0 Å². The van der Waals surface area contributed by atoms with Crippen LogP contribution in [-0.4, -0.2) is 9.55 Å². The van der Waals surface area contributed by atoms with Crippen LogP contribution in [0.4, 0.5) is 0 Å². The van der Waals surface area contributed by atoms with Crippen molar-refractivity contribution in [2.45, 2.75) is 32.2 Å². The van der Waals surface area contributed by atoms with E-state index in [2.05, 4.69) is 23.4 Å². The minimum Gasteiger partial charge on any atom is -0.337 e. The first-order valence-electron chi connectivity index (χ1n) is 4.39. The van der Waals surface area contributed by atoms with Crippen LogP contribution in [0.3, 0.4) is 0 Å². The molecule has 1 N–H and O–H groups in total. The smallest absolute Gasteiger partial charge is 0.177 e. The van der Waals surface area contributed by atoms with E-state index in [4.69, 9.17) is 12.2 Å². The number of nitrogens with one attached hydrogen (secondary N) is 1. The molecule has 1 aliphatic rings. The summed E-state index contributed by atoms with van der Waals surface area (Å²) in [5.41, 5.74) is 0.205. The standard InChI is InChI=1S/C9H14N2S/c1-9(2,7-3-4-7)11-6-5-10-8(11)12/h5-7H,3-4H2,1-2H3,(H,10,12). The fourth-order valence-corrected chi connectivity index (χ4v) is 2.12. The molecule has 1 aromatic rings. The largest absolute Gasteiger partial charge is 0.337 e. The Hall–Kier alpha value is -0.570. The molecule has 0 aromatic carbocycles. The lowest BCUT2D eigenvalue weighted by Crippen LogP contribution is -2.28. The molecule has 0 atom stereocenters.